The van der Waals surface area contributed by atoms with E-state index in [1.54, 1.807) is 11.9 Å². The average molecular weight is 270 g/mol. The first-order valence-corrected chi connectivity index (χ1v) is 6.37. The molecule has 0 saturated carbocycles. The molecule has 0 aliphatic rings. The van der Waals surface area contributed by atoms with Crippen LogP contribution in [0.15, 0.2) is 30.6 Å². The summed E-state index contributed by atoms with van der Waals surface area (Å²) in [5.41, 5.74) is 9.35. The Balaban J connectivity index is 2.18. The SMILES string of the molecule is Cc1ccc(CN(C)C(=O)c2nccnc2N)c(C)c1. The summed E-state index contributed by atoms with van der Waals surface area (Å²) < 4.78 is 0. The third kappa shape index (κ3) is 2.93. The minimum atomic E-state index is -0.226. The monoisotopic (exact) mass is 270 g/mol. The first kappa shape index (κ1) is 14.0. The highest BCUT2D eigenvalue weighted by molar-refractivity contribution is 5.96. The van der Waals surface area contributed by atoms with Gasteiger partial charge < -0.3 is 10.6 Å². The number of hydrogen-bond acceptors (Lipinski definition) is 4. The topological polar surface area (TPSA) is 72.1 Å². The fourth-order valence-electron chi connectivity index (χ4n) is 2.04. The smallest absolute Gasteiger partial charge is 0.276 e. The molecule has 5 nitrogen and oxygen atoms in total. The van der Waals surface area contributed by atoms with Gasteiger partial charge >= 0.3 is 0 Å². The molecule has 20 heavy (non-hydrogen) atoms. The van der Waals surface area contributed by atoms with Crippen molar-refractivity contribution in [2.75, 3.05) is 12.8 Å². The van der Waals surface area contributed by atoms with Crippen molar-refractivity contribution in [2.24, 2.45) is 0 Å². The van der Waals surface area contributed by atoms with Crippen LogP contribution in [0.1, 0.15) is 27.2 Å². The molecule has 0 radical (unpaired) electrons. The zero-order valence-electron chi connectivity index (χ0n) is 11.9. The highest BCUT2D eigenvalue weighted by Crippen LogP contribution is 2.14. The van der Waals surface area contributed by atoms with Crippen LogP contribution in [0.2, 0.25) is 0 Å². The lowest BCUT2D eigenvalue weighted by molar-refractivity contribution is 0.0780. The van der Waals surface area contributed by atoms with E-state index < -0.39 is 0 Å². The zero-order chi connectivity index (χ0) is 14.7. The molecule has 0 bridgehead atoms. The quantitative estimate of drug-likeness (QED) is 0.925. The summed E-state index contributed by atoms with van der Waals surface area (Å²) in [7, 11) is 1.73. The van der Waals surface area contributed by atoms with Gasteiger partial charge in [0.15, 0.2) is 11.5 Å². The van der Waals surface area contributed by atoms with Crippen molar-refractivity contribution in [3.05, 3.63) is 53.0 Å². The van der Waals surface area contributed by atoms with Gasteiger partial charge in [0.1, 0.15) is 0 Å². The summed E-state index contributed by atoms with van der Waals surface area (Å²) in [5.74, 6) is -0.0689. The second-order valence-corrected chi connectivity index (χ2v) is 4.88. The van der Waals surface area contributed by atoms with Crippen LogP contribution in [0.3, 0.4) is 0 Å². The molecule has 0 atom stereocenters. The number of nitrogen functional groups attached to an aromatic ring is 1. The standard InChI is InChI=1S/C15H18N4O/c1-10-4-5-12(11(2)8-10)9-19(3)15(20)13-14(16)18-7-6-17-13/h4-8H,9H2,1-3H3,(H2,16,18). The summed E-state index contributed by atoms with van der Waals surface area (Å²) >= 11 is 0. The van der Waals surface area contributed by atoms with Gasteiger partial charge in [-0.05, 0) is 25.0 Å². The summed E-state index contributed by atoms with van der Waals surface area (Å²) in [6.45, 7) is 4.60. The molecule has 2 N–H and O–H groups in total. The van der Waals surface area contributed by atoms with Crippen molar-refractivity contribution in [2.45, 2.75) is 20.4 Å². The van der Waals surface area contributed by atoms with Crippen molar-refractivity contribution in [1.82, 2.24) is 14.9 Å². The van der Waals surface area contributed by atoms with Crippen molar-refractivity contribution in [1.29, 1.82) is 0 Å². The van der Waals surface area contributed by atoms with Gasteiger partial charge in [-0.1, -0.05) is 23.8 Å². The molecule has 1 aromatic heterocycles. The molecule has 1 amide bonds. The second-order valence-electron chi connectivity index (χ2n) is 4.88. The number of amides is 1. The molecule has 2 rings (SSSR count). The van der Waals surface area contributed by atoms with Gasteiger partial charge in [-0.3, -0.25) is 4.79 Å². The summed E-state index contributed by atoms with van der Waals surface area (Å²) in [4.78, 5) is 21.8. The van der Waals surface area contributed by atoms with E-state index in [1.165, 1.54) is 18.0 Å². The lowest BCUT2D eigenvalue weighted by Gasteiger charge is -2.18. The molecule has 0 spiro atoms. The molecule has 1 heterocycles. The van der Waals surface area contributed by atoms with Crippen LogP contribution in [0, 0.1) is 13.8 Å². The van der Waals surface area contributed by atoms with Crippen molar-refractivity contribution < 1.29 is 4.79 Å². The van der Waals surface area contributed by atoms with Crippen LogP contribution in [0.25, 0.3) is 0 Å². The Morgan fingerprint density at radius 2 is 1.95 bits per heavy atom. The number of benzene rings is 1. The van der Waals surface area contributed by atoms with E-state index in [-0.39, 0.29) is 17.4 Å². The molecular formula is C15H18N4O. The maximum absolute atomic E-state index is 12.3. The van der Waals surface area contributed by atoms with E-state index in [2.05, 4.69) is 16.0 Å². The van der Waals surface area contributed by atoms with Crippen molar-refractivity contribution in [3.8, 4) is 0 Å². The summed E-state index contributed by atoms with van der Waals surface area (Å²) in [6, 6.07) is 6.18. The van der Waals surface area contributed by atoms with E-state index in [4.69, 9.17) is 5.73 Å². The molecule has 0 saturated heterocycles. The van der Waals surface area contributed by atoms with Gasteiger partial charge in [0.25, 0.3) is 5.91 Å². The third-order valence-electron chi connectivity index (χ3n) is 3.18. The number of carbonyl (C=O) groups is 1. The highest BCUT2D eigenvalue weighted by atomic mass is 16.2. The van der Waals surface area contributed by atoms with Crippen molar-refractivity contribution in [3.63, 3.8) is 0 Å². The fraction of sp³-hybridized carbons (Fsp3) is 0.267. The third-order valence-corrected chi connectivity index (χ3v) is 3.18. The van der Waals surface area contributed by atoms with E-state index in [9.17, 15) is 4.79 Å². The van der Waals surface area contributed by atoms with Crippen LogP contribution in [-0.2, 0) is 6.54 Å². The Kier molecular flexibility index (Phi) is 3.98. The van der Waals surface area contributed by atoms with Gasteiger partial charge in [-0.2, -0.15) is 0 Å². The van der Waals surface area contributed by atoms with Crippen LogP contribution in [0.4, 0.5) is 5.82 Å². The maximum Gasteiger partial charge on any atom is 0.276 e. The Hall–Kier alpha value is -2.43. The number of hydrogen-bond donors (Lipinski definition) is 1. The molecule has 104 valence electrons. The second kappa shape index (κ2) is 5.69. The van der Waals surface area contributed by atoms with Crippen LogP contribution < -0.4 is 5.73 Å². The Morgan fingerprint density at radius 1 is 1.25 bits per heavy atom. The van der Waals surface area contributed by atoms with Crippen LogP contribution in [0.5, 0.6) is 0 Å². The largest absolute Gasteiger partial charge is 0.382 e. The zero-order valence-corrected chi connectivity index (χ0v) is 11.9. The predicted octanol–water partition coefficient (Wildman–Crippen LogP) is 1.95. The number of nitrogens with zero attached hydrogens (tertiary/aromatic N) is 3. The molecular weight excluding hydrogens is 252 g/mol. The number of nitrogens with two attached hydrogens (primary N) is 1. The molecule has 0 aliphatic heterocycles. The Labute approximate surface area is 118 Å². The molecule has 0 fully saturated rings. The average Bonchev–Trinajstić information content (AvgIpc) is 2.41. The molecule has 5 heteroatoms. The number of carbonyl (C=O) groups excluding carboxylic acids is 1. The lowest BCUT2D eigenvalue weighted by atomic mass is 10.1. The van der Waals surface area contributed by atoms with E-state index in [0.29, 0.717) is 6.54 Å². The first-order chi connectivity index (χ1) is 9.49. The van der Waals surface area contributed by atoms with Crippen LogP contribution >= 0.6 is 0 Å². The highest BCUT2D eigenvalue weighted by Gasteiger charge is 2.17. The summed E-state index contributed by atoms with van der Waals surface area (Å²) in [5, 5.41) is 0. The molecule has 0 unspecified atom stereocenters. The van der Waals surface area contributed by atoms with Gasteiger partial charge in [-0.25, -0.2) is 9.97 Å². The molecule has 1 aromatic carbocycles. The van der Waals surface area contributed by atoms with Crippen molar-refractivity contribution >= 4 is 11.7 Å². The minimum absolute atomic E-state index is 0.157. The van der Waals surface area contributed by atoms with Gasteiger partial charge in [0.05, 0.1) is 0 Å². The normalized spacial score (nSPS) is 10.3. The summed E-state index contributed by atoms with van der Waals surface area (Å²) in [6.07, 6.45) is 2.94. The predicted molar refractivity (Wildman–Crippen MR) is 78.2 cm³/mol. The first-order valence-electron chi connectivity index (χ1n) is 6.37. The van der Waals surface area contributed by atoms with Gasteiger partial charge in [0, 0.05) is 26.0 Å². The molecule has 2 aromatic rings. The number of aryl methyl sites for hydroxylation is 2. The Morgan fingerprint density at radius 3 is 2.60 bits per heavy atom. The van der Waals surface area contributed by atoms with Gasteiger partial charge in [0.2, 0.25) is 0 Å². The van der Waals surface area contributed by atoms with E-state index in [1.807, 2.05) is 26.0 Å². The van der Waals surface area contributed by atoms with Gasteiger partial charge in [-0.15, -0.1) is 0 Å². The van der Waals surface area contributed by atoms with Crippen LogP contribution in [-0.4, -0.2) is 27.8 Å². The van der Waals surface area contributed by atoms with E-state index in [0.717, 1.165) is 11.1 Å². The number of anilines is 1. The Bertz CT molecular complexity index is 640. The lowest BCUT2D eigenvalue weighted by Crippen LogP contribution is -2.28. The minimum Gasteiger partial charge on any atom is -0.382 e. The fourth-order valence-corrected chi connectivity index (χ4v) is 2.04. The maximum atomic E-state index is 12.3. The number of aromatic nitrogens is 2. The molecule has 0 aliphatic carbocycles. The number of rotatable bonds is 3. The van der Waals surface area contributed by atoms with E-state index >= 15 is 0 Å².